The smallest absolute Gasteiger partial charge is 0.293 e. The van der Waals surface area contributed by atoms with Gasteiger partial charge in [0.15, 0.2) is 0 Å². The number of hydrogen-bond donors (Lipinski definition) is 1. The lowest BCUT2D eigenvalue weighted by Crippen LogP contribution is -2.48. The first-order valence-corrected chi connectivity index (χ1v) is 11.0. The van der Waals surface area contributed by atoms with Gasteiger partial charge in [-0.05, 0) is 37.5 Å². The first-order chi connectivity index (χ1) is 14.2. The maximum Gasteiger partial charge on any atom is 0.431 e. The Morgan fingerprint density at radius 3 is 2.42 bits per heavy atom. The van der Waals surface area contributed by atoms with Crippen molar-refractivity contribution >= 4 is 39.2 Å². The number of carbonyl (C=O) groups excluding carboxylic acids is 2. The summed E-state index contributed by atoms with van der Waals surface area (Å²) >= 11 is 5.91. The summed E-state index contributed by atoms with van der Waals surface area (Å²) in [5.41, 5.74) is -2.16. The quantitative estimate of drug-likeness (QED) is 0.645. The number of amides is 3. The van der Waals surface area contributed by atoms with E-state index in [9.17, 15) is 35.6 Å². The molecular formula is C18H18ClF4N3O4S. The van der Waals surface area contributed by atoms with Crippen molar-refractivity contribution in [1.29, 1.82) is 0 Å². The third kappa shape index (κ3) is 4.10. The molecule has 1 aliphatic heterocycles. The van der Waals surface area contributed by atoms with E-state index in [2.05, 4.69) is 0 Å². The molecule has 2 aliphatic rings. The molecule has 1 heterocycles. The molecule has 0 radical (unpaired) electrons. The monoisotopic (exact) mass is 483 g/mol. The van der Waals surface area contributed by atoms with Crippen LogP contribution in [0.25, 0.3) is 0 Å². The van der Waals surface area contributed by atoms with Gasteiger partial charge < -0.3 is 0 Å². The van der Waals surface area contributed by atoms with Gasteiger partial charge in [0.25, 0.3) is 5.91 Å². The maximum atomic E-state index is 14.5. The molecule has 7 nitrogen and oxygen atoms in total. The zero-order valence-electron chi connectivity index (χ0n) is 16.4. The number of nitrogens with one attached hydrogen (secondary N) is 1. The number of halogens is 5. The number of allylic oxidation sites excluding steroid dienone is 1. The fourth-order valence-electron chi connectivity index (χ4n) is 3.34. The Hall–Kier alpha value is -2.34. The van der Waals surface area contributed by atoms with Crippen LogP contribution in [-0.2, 0) is 10.0 Å². The molecule has 0 aromatic heterocycles. The van der Waals surface area contributed by atoms with Gasteiger partial charge in [0.1, 0.15) is 11.5 Å². The Labute approximate surface area is 180 Å². The number of hydrogen-bond acceptors (Lipinski definition) is 4. The van der Waals surface area contributed by atoms with Gasteiger partial charge in [-0.25, -0.2) is 22.3 Å². The SMILES string of the molecule is CCC1(S(=O)(=O)NC(=O)c2cc(N3CC=C(C(F)(F)F)N(C)C3=O)c(F)cc2Cl)CC1. The van der Waals surface area contributed by atoms with Crippen LogP contribution in [0.1, 0.15) is 36.5 Å². The van der Waals surface area contributed by atoms with Crippen LogP contribution in [0.5, 0.6) is 0 Å². The molecule has 0 atom stereocenters. The topological polar surface area (TPSA) is 86.8 Å². The molecule has 0 bridgehead atoms. The van der Waals surface area contributed by atoms with Gasteiger partial charge in [0, 0.05) is 13.6 Å². The normalized spacial score (nSPS) is 18.7. The van der Waals surface area contributed by atoms with E-state index in [1.165, 1.54) is 0 Å². The van der Waals surface area contributed by atoms with Crippen molar-refractivity contribution in [2.75, 3.05) is 18.5 Å². The van der Waals surface area contributed by atoms with E-state index >= 15 is 0 Å². The van der Waals surface area contributed by atoms with Crippen molar-refractivity contribution < 1.29 is 35.6 Å². The van der Waals surface area contributed by atoms with E-state index in [1.54, 1.807) is 6.92 Å². The Morgan fingerprint density at radius 2 is 1.90 bits per heavy atom. The predicted octanol–water partition coefficient (Wildman–Crippen LogP) is 3.80. The van der Waals surface area contributed by atoms with Crippen LogP contribution < -0.4 is 9.62 Å². The van der Waals surface area contributed by atoms with Gasteiger partial charge >= 0.3 is 12.2 Å². The highest BCUT2D eigenvalue weighted by molar-refractivity contribution is 7.91. The number of rotatable bonds is 5. The predicted molar refractivity (Wildman–Crippen MR) is 105 cm³/mol. The number of nitrogens with zero attached hydrogens (tertiary/aromatic N) is 2. The molecule has 3 amide bonds. The minimum Gasteiger partial charge on any atom is -0.293 e. The molecule has 0 saturated heterocycles. The van der Waals surface area contributed by atoms with Gasteiger partial charge in [0.05, 0.1) is 21.0 Å². The van der Waals surface area contributed by atoms with Gasteiger partial charge in [-0.15, -0.1) is 0 Å². The summed E-state index contributed by atoms with van der Waals surface area (Å²) in [6.07, 6.45) is -3.03. The van der Waals surface area contributed by atoms with Crippen LogP contribution in [0, 0.1) is 5.82 Å². The lowest BCUT2D eigenvalue weighted by Gasteiger charge is -2.34. The highest BCUT2D eigenvalue weighted by atomic mass is 35.5. The highest BCUT2D eigenvalue weighted by Gasteiger charge is 2.53. The van der Waals surface area contributed by atoms with Crippen LogP contribution in [0.15, 0.2) is 23.9 Å². The summed E-state index contributed by atoms with van der Waals surface area (Å²) in [5, 5.41) is -0.417. The molecule has 170 valence electrons. The minimum absolute atomic E-state index is 0.292. The molecule has 0 spiro atoms. The molecule has 13 heteroatoms. The standard InChI is InChI=1S/C18H18ClF4N3O4S/c1-3-17(5-6-17)31(29,30)24-15(27)10-8-13(12(20)9-11(10)19)26-7-4-14(18(21,22)23)25(2)16(26)28/h4,8-9H,3,5-7H2,1-2H3,(H,24,27). The summed E-state index contributed by atoms with van der Waals surface area (Å²) in [6.45, 7) is 1.05. The molecule has 1 saturated carbocycles. The summed E-state index contributed by atoms with van der Waals surface area (Å²) < 4.78 is 79.4. The van der Waals surface area contributed by atoms with Gasteiger partial charge in [-0.1, -0.05) is 18.5 Å². The zero-order valence-corrected chi connectivity index (χ0v) is 18.0. The lowest BCUT2D eigenvalue weighted by atomic mass is 10.1. The van der Waals surface area contributed by atoms with Crippen LogP contribution in [0.4, 0.5) is 28.0 Å². The Kier molecular flexibility index (Phi) is 5.76. The minimum atomic E-state index is -4.79. The van der Waals surface area contributed by atoms with Crippen molar-refractivity contribution in [2.45, 2.75) is 37.1 Å². The molecular weight excluding hydrogens is 466 g/mol. The number of carbonyl (C=O) groups is 2. The lowest BCUT2D eigenvalue weighted by molar-refractivity contribution is -0.106. The molecule has 1 aliphatic carbocycles. The summed E-state index contributed by atoms with van der Waals surface area (Å²) in [4.78, 5) is 26.0. The number of urea groups is 1. The fraction of sp³-hybridized carbons (Fsp3) is 0.444. The average Bonchev–Trinajstić information content (AvgIpc) is 3.45. The van der Waals surface area contributed by atoms with Gasteiger partial charge in [-0.3, -0.25) is 14.6 Å². The first kappa shape index (κ1) is 23.3. The summed E-state index contributed by atoms with van der Waals surface area (Å²) in [5.74, 6) is -2.20. The van der Waals surface area contributed by atoms with E-state index in [1.807, 2.05) is 4.72 Å². The van der Waals surface area contributed by atoms with Crippen LogP contribution >= 0.6 is 11.6 Å². The summed E-state index contributed by atoms with van der Waals surface area (Å²) in [7, 11) is -3.15. The number of benzene rings is 1. The largest absolute Gasteiger partial charge is 0.431 e. The summed E-state index contributed by atoms with van der Waals surface area (Å²) in [6, 6.07) is 0.353. The molecule has 1 N–H and O–H groups in total. The Morgan fingerprint density at radius 1 is 1.29 bits per heavy atom. The zero-order chi connectivity index (χ0) is 23.4. The van der Waals surface area contributed by atoms with Crippen molar-refractivity contribution in [1.82, 2.24) is 9.62 Å². The molecule has 1 aromatic rings. The second kappa shape index (κ2) is 7.66. The molecule has 1 fully saturated rings. The average molecular weight is 484 g/mol. The van der Waals surface area contributed by atoms with E-state index in [0.29, 0.717) is 41.2 Å². The van der Waals surface area contributed by atoms with Crippen LogP contribution in [0.3, 0.4) is 0 Å². The fourth-order valence-corrected chi connectivity index (χ4v) is 5.17. The van der Waals surface area contributed by atoms with E-state index < -0.39 is 67.2 Å². The first-order valence-electron chi connectivity index (χ1n) is 9.12. The maximum absolute atomic E-state index is 14.5. The number of sulfonamides is 1. The van der Waals surface area contributed by atoms with Crippen molar-refractivity contribution in [2.24, 2.45) is 0 Å². The molecule has 1 aromatic carbocycles. The Balaban J connectivity index is 1.94. The van der Waals surface area contributed by atoms with Crippen LogP contribution in [0.2, 0.25) is 5.02 Å². The van der Waals surface area contributed by atoms with E-state index in [-0.39, 0.29) is 0 Å². The molecule has 0 unspecified atom stereocenters. The number of alkyl halides is 3. The second-order valence-corrected chi connectivity index (χ2v) is 9.78. The molecule has 3 rings (SSSR count). The van der Waals surface area contributed by atoms with Crippen molar-refractivity contribution in [3.63, 3.8) is 0 Å². The van der Waals surface area contributed by atoms with Gasteiger partial charge in [0.2, 0.25) is 10.0 Å². The third-order valence-electron chi connectivity index (χ3n) is 5.46. The van der Waals surface area contributed by atoms with Crippen molar-refractivity contribution in [3.05, 3.63) is 40.3 Å². The highest BCUT2D eigenvalue weighted by Crippen LogP contribution is 2.46. The Bertz CT molecular complexity index is 1080. The van der Waals surface area contributed by atoms with Gasteiger partial charge in [-0.2, -0.15) is 13.2 Å². The van der Waals surface area contributed by atoms with E-state index in [4.69, 9.17) is 11.6 Å². The van der Waals surface area contributed by atoms with Crippen LogP contribution in [-0.4, -0.2) is 49.8 Å². The number of anilines is 1. The van der Waals surface area contributed by atoms with Crippen molar-refractivity contribution in [3.8, 4) is 0 Å². The second-order valence-electron chi connectivity index (χ2n) is 7.29. The third-order valence-corrected chi connectivity index (χ3v) is 8.06. The van der Waals surface area contributed by atoms with E-state index in [0.717, 1.165) is 13.1 Å². The molecule has 31 heavy (non-hydrogen) atoms.